The quantitative estimate of drug-likeness (QED) is 0.617. The van der Waals surface area contributed by atoms with Crippen molar-refractivity contribution in [2.45, 2.75) is 44.0 Å². The normalized spacial score (nSPS) is 13.2. The van der Waals surface area contributed by atoms with Crippen molar-refractivity contribution in [3.8, 4) is 0 Å². The second kappa shape index (κ2) is 9.70. The Morgan fingerprint density at radius 1 is 1.03 bits per heavy atom. The summed E-state index contributed by atoms with van der Waals surface area (Å²) < 4.78 is 69.8. The van der Waals surface area contributed by atoms with E-state index in [0.717, 1.165) is 28.6 Å². The van der Waals surface area contributed by atoms with E-state index in [1.807, 2.05) is 0 Å². The van der Waals surface area contributed by atoms with Crippen molar-refractivity contribution < 1.29 is 35.9 Å². The molecule has 1 unspecified atom stereocenters. The van der Waals surface area contributed by atoms with Crippen molar-refractivity contribution in [2.75, 3.05) is 12.4 Å². The lowest BCUT2D eigenvalue weighted by atomic mass is 10.2. The van der Waals surface area contributed by atoms with Gasteiger partial charge in [-0.25, -0.2) is 13.2 Å². The van der Waals surface area contributed by atoms with Gasteiger partial charge in [-0.3, -0.25) is 4.79 Å². The molecule has 0 bridgehead atoms. The predicted octanol–water partition coefficient (Wildman–Crippen LogP) is 3.92. The number of anilines is 1. The van der Waals surface area contributed by atoms with E-state index >= 15 is 0 Å². The molecule has 0 saturated carbocycles. The Labute approximate surface area is 184 Å². The minimum Gasteiger partial charge on any atom is -0.449 e. The summed E-state index contributed by atoms with van der Waals surface area (Å²) in [7, 11) is -2.43. The zero-order valence-corrected chi connectivity index (χ0v) is 18.6. The average molecular weight is 472 g/mol. The molecule has 2 aromatic rings. The Hall–Kier alpha value is -2.92. The van der Waals surface area contributed by atoms with Gasteiger partial charge in [0, 0.05) is 18.8 Å². The van der Waals surface area contributed by atoms with E-state index in [1.54, 1.807) is 13.8 Å². The molecule has 0 heterocycles. The number of carbonyl (C=O) groups excluding carboxylic acids is 2. The van der Waals surface area contributed by atoms with Gasteiger partial charge in [-0.05, 0) is 57.2 Å². The van der Waals surface area contributed by atoms with Gasteiger partial charge in [0.05, 0.1) is 16.0 Å². The van der Waals surface area contributed by atoms with Gasteiger partial charge in [-0.1, -0.05) is 12.1 Å². The van der Waals surface area contributed by atoms with Crippen molar-refractivity contribution in [1.29, 1.82) is 0 Å². The first kappa shape index (κ1) is 25.3. The van der Waals surface area contributed by atoms with Gasteiger partial charge >= 0.3 is 12.1 Å². The van der Waals surface area contributed by atoms with E-state index in [2.05, 4.69) is 5.32 Å². The van der Waals surface area contributed by atoms with Crippen LogP contribution in [0.3, 0.4) is 0 Å². The third kappa shape index (κ3) is 6.07. The third-order valence-corrected chi connectivity index (χ3v) is 6.61. The maximum absolute atomic E-state index is 12.8. The van der Waals surface area contributed by atoms with Gasteiger partial charge < -0.3 is 10.1 Å². The predicted molar refractivity (Wildman–Crippen MR) is 111 cm³/mol. The van der Waals surface area contributed by atoms with Gasteiger partial charge in [0.1, 0.15) is 0 Å². The Morgan fingerprint density at radius 3 is 2.25 bits per heavy atom. The molecule has 0 aliphatic heterocycles. The topological polar surface area (TPSA) is 92.8 Å². The number of hydrogen-bond donors (Lipinski definition) is 1. The molecular weight excluding hydrogens is 449 g/mol. The van der Waals surface area contributed by atoms with E-state index < -0.39 is 39.7 Å². The van der Waals surface area contributed by atoms with E-state index in [1.165, 1.54) is 38.2 Å². The summed E-state index contributed by atoms with van der Waals surface area (Å²) in [5.41, 5.74) is -1.15. The van der Waals surface area contributed by atoms with E-state index in [-0.39, 0.29) is 22.2 Å². The van der Waals surface area contributed by atoms with Crippen LogP contribution in [-0.4, -0.2) is 43.8 Å². The van der Waals surface area contributed by atoms with Crippen LogP contribution >= 0.6 is 0 Å². The number of halogens is 3. The highest BCUT2D eigenvalue weighted by Gasteiger charge is 2.31. The second-order valence-corrected chi connectivity index (χ2v) is 9.26. The first-order chi connectivity index (χ1) is 14.7. The molecule has 0 saturated heterocycles. The minimum atomic E-state index is -4.58. The van der Waals surface area contributed by atoms with Crippen molar-refractivity contribution in [2.24, 2.45) is 0 Å². The van der Waals surface area contributed by atoms with Crippen LogP contribution in [0.25, 0.3) is 0 Å². The molecule has 1 N–H and O–H groups in total. The van der Waals surface area contributed by atoms with Crippen LogP contribution in [0.4, 0.5) is 18.9 Å². The number of rotatable bonds is 7. The molecule has 174 valence electrons. The summed E-state index contributed by atoms with van der Waals surface area (Å²) in [4.78, 5) is 24.6. The maximum atomic E-state index is 12.8. The Kier molecular flexibility index (Phi) is 7.68. The summed E-state index contributed by atoms with van der Waals surface area (Å²) >= 11 is 0. The lowest BCUT2D eigenvalue weighted by Gasteiger charge is -2.21. The Bertz CT molecular complexity index is 1100. The van der Waals surface area contributed by atoms with Gasteiger partial charge in [-0.2, -0.15) is 17.5 Å². The van der Waals surface area contributed by atoms with Crippen LogP contribution < -0.4 is 5.32 Å². The molecule has 1 amide bonds. The molecule has 7 nitrogen and oxygen atoms in total. The molecule has 32 heavy (non-hydrogen) atoms. The number of amides is 1. The van der Waals surface area contributed by atoms with Gasteiger partial charge in [0.2, 0.25) is 10.0 Å². The molecular formula is C21H23F3N2O5S. The lowest BCUT2D eigenvalue weighted by Crippen LogP contribution is -2.33. The molecule has 0 spiro atoms. The number of ether oxygens (including phenoxy) is 1. The molecule has 0 aromatic heterocycles. The van der Waals surface area contributed by atoms with E-state index in [9.17, 15) is 31.2 Å². The van der Waals surface area contributed by atoms with Crippen LogP contribution in [0.15, 0.2) is 53.4 Å². The highest BCUT2D eigenvalue weighted by atomic mass is 32.2. The molecule has 1 atom stereocenters. The smallest absolute Gasteiger partial charge is 0.416 e. The minimum absolute atomic E-state index is 0.0954. The molecule has 2 aromatic carbocycles. The number of carbonyl (C=O) groups is 2. The van der Waals surface area contributed by atoms with E-state index in [4.69, 9.17) is 4.74 Å². The second-order valence-electron chi connectivity index (χ2n) is 7.26. The fraction of sp³-hybridized carbons (Fsp3) is 0.333. The number of alkyl halides is 3. The average Bonchev–Trinajstić information content (AvgIpc) is 2.72. The first-order valence-corrected chi connectivity index (χ1v) is 10.9. The number of benzene rings is 2. The zero-order valence-electron chi connectivity index (χ0n) is 17.8. The standard InChI is InChI=1S/C21H23F3N2O5S/c1-13(2)26(4)32(29,30)18-10-5-7-15(11-18)20(28)31-14(3)19(27)25-17-9-6-8-16(12-17)21(22,23)24/h5-14H,1-4H3,(H,25,27). The maximum Gasteiger partial charge on any atom is 0.416 e. The zero-order chi connectivity index (χ0) is 24.3. The molecule has 0 fully saturated rings. The molecule has 0 radical (unpaired) electrons. The molecule has 2 rings (SSSR count). The third-order valence-electron chi connectivity index (χ3n) is 4.58. The number of nitrogens with zero attached hydrogens (tertiary/aromatic N) is 1. The van der Waals surface area contributed by atoms with Crippen LogP contribution in [-0.2, 0) is 25.7 Å². The summed E-state index contributed by atoms with van der Waals surface area (Å²) in [6, 6.07) is 8.86. The summed E-state index contributed by atoms with van der Waals surface area (Å²) in [5, 5.41) is 2.26. The van der Waals surface area contributed by atoms with Crippen LogP contribution in [0.2, 0.25) is 0 Å². The van der Waals surface area contributed by atoms with E-state index in [0.29, 0.717) is 0 Å². The van der Waals surface area contributed by atoms with Crippen LogP contribution in [0.5, 0.6) is 0 Å². The monoisotopic (exact) mass is 472 g/mol. The van der Waals surface area contributed by atoms with Gasteiger partial charge in [0.15, 0.2) is 6.10 Å². The fourth-order valence-electron chi connectivity index (χ4n) is 2.53. The van der Waals surface area contributed by atoms with Crippen LogP contribution in [0, 0.1) is 0 Å². The number of nitrogens with one attached hydrogen (secondary N) is 1. The highest BCUT2D eigenvalue weighted by Crippen LogP contribution is 2.30. The molecule has 0 aliphatic carbocycles. The number of esters is 1. The Balaban J connectivity index is 2.12. The molecule has 11 heteroatoms. The first-order valence-electron chi connectivity index (χ1n) is 9.50. The van der Waals surface area contributed by atoms with Crippen molar-refractivity contribution >= 4 is 27.6 Å². The molecule has 0 aliphatic rings. The number of hydrogen-bond acceptors (Lipinski definition) is 5. The van der Waals surface area contributed by atoms with Crippen molar-refractivity contribution in [3.05, 3.63) is 59.7 Å². The van der Waals surface area contributed by atoms with Gasteiger partial charge in [0.25, 0.3) is 5.91 Å². The Morgan fingerprint density at radius 2 is 1.66 bits per heavy atom. The summed E-state index contributed by atoms with van der Waals surface area (Å²) in [5.74, 6) is -1.80. The summed E-state index contributed by atoms with van der Waals surface area (Å²) in [6.07, 6.45) is -5.93. The van der Waals surface area contributed by atoms with Crippen molar-refractivity contribution in [3.63, 3.8) is 0 Å². The van der Waals surface area contributed by atoms with Crippen molar-refractivity contribution in [1.82, 2.24) is 4.31 Å². The lowest BCUT2D eigenvalue weighted by molar-refractivity contribution is -0.137. The largest absolute Gasteiger partial charge is 0.449 e. The summed E-state index contributed by atoms with van der Waals surface area (Å²) in [6.45, 7) is 4.63. The SMILES string of the molecule is CC(OC(=O)c1cccc(S(=O)(=O)N(C)C(C)C)c1)C(=O)Nc1cccc(C(F)(F)F)c1. The highest BCUT2D eigenvalue weighted by molar-refractivity contribution is 7.89. The van der Waals surface area contributed by atoms with Gasteiger partial charge in [-0.15, -0.1) is 0 Å². The fourth-order valence-corrected chi connectivity index (χ4v) is 3.94. The number of sulfonamides is 1. The van der Waals surface area contributed by atoms with Crippen LogP contribution in [0.1, 0.15) is 36.7 Å².